The molecular weight excluding hydrogens is 406 g/mol. The zero-order valence-corrected chi connectivity index (χ0v) is 18.7. The lowest BCUT2D eigenvalue weighted by molar-refractivity contribution is 0.0929. The minimum Gasteiger partial charge on any atom is -0.497 e. The summed E-state index contributed by atoms with van der Waals surface area (Å²) in [4.78, 5) is 27.7. The molecule has 1 saturated carbocycles. The Balaban J connectivity index is 1.35. The molecule has 0 bridgehead atoms. The van der Waals surface area contributed by atoms with E-state index in [1.807, 2.05) is 24.3 Å². The van der Waals surface area contributed by atoms with E-state index in [2.05, 4.69) is 15.5 Å². The highest BCUT2D eigenvalue weighted by Gasteiger charge is 2.26. The summed E-state index contributed by atoms with van der Waals surface area (Å²) in [7, 11) is 3.13. The molecule has 2 amide bonds. The first-order valence-corrected chi connectivity index (χ1v) is 11.2. The Morgan fingerprint density at radius 1 is 0.938 bits per heavy atom. The number of amides is 2. The number of piperidine rings is 1. The van der Waals surface area contributed by atoms with Crippen molar-refractivity contribution in [2.24, 2.45) is 5.92 Å². The van der Waals surface area contributed by atoms with E-state index in [1.54, 1.807) is 32.4 Å². The van der Waals surface area contributed by atoms with E-state index in [9.17, 15) is 9.59 Å². The molecule has 2 fully saturated rings. The molecule has 0 unspecified atom stereocenters. The minimum atomic E-state index is -0.138. The number of methoxy groups -OCH3 is 2. The van der Waals surface area contributed by atoms with Crippen molar-refractivity contribution < 1.29 is 19.1 Å². The molecule has 7 nitrogen and oxygen atoms in total. The number of rotatable bonds is 8. The van der Waals surface area contributed by atoms with Gasteiger partial charge in [0.2, 0.25) is 0 Å². The fourth-order valence-electron chi connectivity index (χ4n) is 4.07. The van der Waals surface area contributed by atoms with Crippen LogP contribution in [0.2, 0.25) is 0 Å². The first-order chi connectivity index (χ1) is 15.6. The quantitative estimate of drug-likeness (QED) is 0.663. The van der Waals surface area contributed by atoms with E-state index in [0.717, 1.165) is 43.7 Å². The van der Waals surface area contributed by atoms with Gasteiger partial charge in [-0.15, -0.1) is 0 Å². The number of nitrogens with one attached hydrogen (secondary N) is 2. The normalized spacial score (nSPS) is 16.4. The second-order valence-corrected chi connectivity index (χ2v) is 8.51. The maximum Gasteiger partial charge on any atom is 0.253 e. The molecule has 2 aliphatic rings. The second-order valence-electron chi connectivity index (χ2n) is 8.51. The zero-order chi connectivity index (χ0) is 22.5. The van der Waals surface area contributed by atoms with Gasteiger partial charge in [0.25, 0.3) is 11.8 Å². The highest BCUT2D eigenvalue weighted by atomic mass is 16.5. The van der Waals surface area contributed by atoms with Crippen molar-refractivity contribution in [3.63, 3.8) is 0 Å². The van der Waals surface area contributed by atoms with E-state index in [1.165, 1.54) is 12.8 Å². The van der Waals surface area contributed by atoms with Gasteiger partial charge in [-0.3, -0.25) is 9.59 Å². The Labute approximate surface area is 189 Å². The molecule has 4 rings (SSSR count). The van der Waals surface area contributed by atoms with Gasteiger partial charge >= 0.3 is 0 Å². The SMILES string of the molecule is COc1cc(OC)cc(C(=O)NC2CCN(c3ccccc3C(=O)NCC3CC3)CC2)c1. The van der Waals surface area contributed by atoms with Crippen molar-refractivity contribution in [3.8, 4) is 11.5 Å². The predicted molar refractivity (Wildman–Crippen MR) is 124 cm³/mol. The van der Waals surface area contributed by atoms with Crippen LogP contribution in [-0.2, 0) is 0 Å². The molecule has 1 heterocycles. The highest BCUT2D eigenvalue weighted by molar-refractivity contribution is 6.00. The van der Waals surface area contributed by atoms with Gasteiger partial charge in [-0.25, -0.2) is 0 Å². The third-order valence-corrected chi connectivity index (χ3v) is 6.18. The lowest BCUT2D eigenvalue weighted by Gasteiger charge is -2.35. The van der Waals surface area contributed by atoms with Gasteiger partial charge in [0.1, 0.15) is 11.5 Å². The molecule has 1 aliphatic heterocycles. The fourth-order valence-corrected chi connectivity index (χ4v) is 4.07. The van der Waals surface area contributed by atoms with Crippen LogP contribution in [0.25, 0.3) is 0 Å². The third kappa shape index (κ3) is 5.33. The maximum atomic E-state index is 12.8. The maximum absolute atomic E-state index is 12.8. The highest BCUT2D eigenvalue weighted by Crippen LogP contribution is 2.29. The Bertz CT molecular complexity index is 943. The number of nitrogens with zero attached hydrogens (tertiary/aromatic N) is 1. The molecule has 0 atom stereocenters. The van der Waals surface area contributed by atoms with Crippen LogP contribution in [0.15, 0.2) is 42.5 Å². The number of carbonyl (C=O) groups is 2. The van der Waals surface area contributed by atoms with E-state index in [4.69, 9.17) is 9.47 Å². The number of anilines is 1. The van der Waals surface area contributed by atoms with Crippen molar-refractivity contribution >= 4 is 17.5 Å². The first-order valence-electron chi connectivity index (χ1n) is 11.2. The van der Waals surface area contributed by atoms with Crippen LogP contribution in [0.1, 0.15) is 46.4 Å². The predicted octanol–water partition coefficient (Wildman–Crippen LogP) is 3.24. The molecular formula is C25H31N3O4. The first kappa shape index (κ1) is 22.0. The van der Waals surface area contributed by atoms with Gasteiger partial charge in [0, 0.05) is 43.0 Å². The molecule has 170 valence electrons. The average Bonchev–Trinajstić information content (AvgIpc) is 3.67. The van der Waals surface area contributed by atoms with E-state index in [0.29, 0.717) is 23.0 Å². The van der Waals surface area contributed by atoms with Crippen LogP contribution in [-0.4, -0.2) is 51.7 Å². The van der Waals surface area contributed by atoms with Crippen molar-refractivity contribution in [1.82, 2.24) is 10.6 Å². The molecule has 2 aromatic rings. The third-order valence-electron chi connectivity index (χ3n) is 6.18. The zero-order valence-electron chi connectivity index (χ0n) is 18.7. The summed E-state index contributed by atoms with van der Waals surface area (Å²) in [5.41, 5.74) is 2.20. The molecule has 7 heteroatoms. The van der Waals surface area contributed by atoms with Gasteiger partial charge in [0.05, 0.1) is 19.8 Å². The topological polar surface area (TPSA) is 79.9 Å². The smallest absolute Gasteiger partial charge is 0.253 e. The van der Waals surface area contributed by atoms with Gasteiger partial charge in [-0.1, -0.05) is 12.1 Å². The Morgan fingerprint density at radius 2 is 1.59 bits per heavy atom. The summed E-state index contributed by atoms with van der Waals surface area (Å²) in [6, 6.07) is 13.0. The standard InChI is InChI=1S/C25H31N3O4/c1-31-20-13-18(14-21(15-20)32-2)24(29)27-19-9-11-28(12-10-19)23-6-4-3-5-22(23)25(30)26-16-17-7-8-17/h3-6,13-15,17,19H,7-12,16H2,1-2H3,(H,26,30)(H,27,29). The minimum absolute atomic E-state index is 0.00472. The number of benzene rings is 2. The summed E-state index contributed by atoms with van der Waals surface area (Å²) in [5, 5.41) is 6.20. The summed E-state index contributed by atoms with van der Waals surface area (Å²) in [6.07, 6.45) is 4.04. The molecule has 32 heavy (non-hydrogen) atoms. The largest absolute Gasteiger partial charge is 0.497 e. The molecule has 0 aromatic heterocycles. The van der Waals surface area contributed by atoms with Crippen molar-refractivity contribution in [2.45, 2.75) is 31.7 Å². The number of hydrogen-bond donors (Lipinski definition) is 2. The Hall–Kier alpha value is -3.22. The van der Waals surface area contributed by atoms with Gasteiger partial charge in [-0.2, -0.15) is 0 Å². The van der Waals surface area contributed by atoms with Crippen molar-refractivity contribution in [1.29, 1.82) is 0 Å². The molecule has 1 aliphatic carbocycles. The van der Waals surface area contributed by atoms with Crippen LogP contribution in [0.5, 0.6) is 11.5 Å². The lowest BCUT2D eigenvalue weighted by Crippen LogP contribution is -2.45. The van der Waals surface area contributed by atoms with Crippen molar-refractivity contribution in [2.75, 3.05) is 38.8 Å². The average molecular weight is 438 g/mol. The Morgan fingerprint density at radius 3 is 2.22 bits per heavy atom. The van der Waals surface area contributed by atoms with Crippen LogP contribution in [0, 0.1) is 5.92 Å². The van der Waals surface area contributed by atoms with Crippen LogP contribution < -0.4 is 25.0 Å². The van der Waals surface area contributed by atoms with Crippen LogP contribution in [0.3, 0.4) is 0 Å². The number of carbonyl (C=O) groups excluding carboxylic acids is 2. The van der Waals surface area contributed by atoms with Crippen LogP contribution in [0.4, 0.5) is 5.69 Å². The fraction of sp³-hybridized carbons (Fsp3) is 0.440. The molecule has 1 saturated heterocycles. The Kier molecular flexibility index (Phi) is 6.83. The number of para-hydroxylation sites is 1. The van der Waals surface area contributed by atoms with Crippen molar-refractivity contribution in [3.05, 3.63) is 53.6 Å². The van der Waals surface area contributed by atoms with Gasteiger partial charge in [0.15, 0.2) is 0 Å². The summed E-state index contributed by atoms with van der Waals surface area (Å²) >= 11 is 0. The van der Waals surface area contributed by atoms with E-state index in [-0.39, 0.29) is 17.9 Å². The number of ether oxygens (including phenoxy) is 2. The van der Waals surface area contributed by atoms with Crippen LogP contribution >= 0.6 is 0 Å². The molecule has 0 radical (unpaired) electrons. The monoisotopic (exact) mass is 437 g/mol. The van der Waals surface area contributed by atoms with Gasteiger partial charge in [-0.05, 0) is 55.9 Å². The van der Waals surface area contributed by atoms with E-state index < -0.39 is 0 Å². The molecule has 0 spiro atoms. The summed E-state index contributed by atoms with van der Waals surface area (Å²) in [5.74, 6) is 1.67. The lowest BCUT2D eigenvalue weighted by atomic mass is 10.0. The van der Waals surface area contributed by atoms with E-state index >= 15 is 0 Å². The summed E-state index contributed by atoms with van der Waals surface area (Å²) in [6.45, 7) is 2.31. The molecule has 2 N–H and O–H groups in total. The molecule has 2 aromatic carbocycles. The van der Waals surface area contributed by atoms with Gasteiger partial charge < -0.3 is 25.0 Å². The summed E-state index contributed by atoms with van der Waals surface area (Å²) < 4.78 is 10.5. The second kappa shape index (κ2) is 9.94. The number of hydrogen-bond acceptors (Lipinski definition) is 5.